The lowest BCUT2D eigenvalue weighted by Gasteiger charge is -2.36. The first-order chi connectivity index (χ1) is 18.8. The summed E-state index contributed by atoms with van der Waals surface area (Å²) in [5.74, 6) is -0.984. The molecule has 1 saturated heterocycles. The highest BCUT2D eigenvalue weighted by atomic mass is 32.1. The van der Waals surface area contributed by atoms with Crippen LogP contribution in [0.15, 0.2) is 109 Å². The molecule has 1 aliphatic heterocycles. The lowest BCUT2D eigenvalue weighted by atomic mass is 10.0. The van der Waals surface area contributed by atoms with E-state index >= 15 is 0 Å². The number of nitrogens with zero attached hydrogens (tertiary/aromatic N) is 2. The number of carboxylic acid groups (broad SMARTS) is 1. The highest BCUT2D eigenvalue weighted by Gasteiger charge is 2.41. The molecule has 7 nitrogen and oxygen atoms in total. The molecule has 1 N–H and O–H groups in total. The van der Waals surface area contributed by atoms with Gasteiger partial charge in [0, 0.05) is 0 Å². The van der Waals surface area contributed by atoms with Crippen LogP contribution in [0.3, 0.4) is 0 Å². The Hall–Kier alpha value is -5.08. The third-order valence-electron chi connectivity index (χ3n) is 6.08. The quantitative estimate of drug-likeness (QED) is 0.179. The van der Waals surface area contributed by atoms with Crippen molar-refractivity contribution in [2.75, 3.05) is 9.80 Å². The molecule has 0 radical (unpaired) electrons. The maximum Gasteiger partial charge on any atom is 0.335 e. The zero-order valence-electron chi connectivity index (χ0n) is 20.8. The van der Waals surface area contributed by atoms with Crippen LogP contribution in [-0.2, 0) is 9.59 Å². The largest absolute Gasteiger partial charge is 0.478 e. The first-order valence-corrected chi connectivity index (χ1v) is 12.4. The van der Waals surface area contributed by atoms with Gasteiger partial charge in [-0.05, 0) is 91.4 Å². The second-order valence-corrected chi connectivity index (χ2v) is 9.16. The fourth-order valence-electron chi connectivity index (χ4n) is 4.06. The first kappa shape index (κ1) is 25.6. The fraction of sp³-hybridized carbons (Fsp3) is 0.0323. The summed E-state index contributed by atoms with van der Waals surface area (Å²) in [6.07, 6.45) is 1.44. The van der Waals surface area contributed by atoms with E-state index in [0.29, 0.717) is 28.4 Å². The number of benzene rings is 4. The molecule has 0 aromatic heterocycles. The fourth-order valence-corrected chi connectivity index (χ4v) is 4.43. The van der Waals surface area contributed by atoms with Gasteiger partial charge in [-0.2, -0.15) is 0 Å². The van der Waals surface area contributed by atoms with Gasteiger partial charge in [-0.25, -0.2) is 4.79 Å². The zero-order valence-corrected chi connectivity index (χ0v) is 21.6. The molecule has 39 heavy (non-hydrogen) atoms. The van der Waals surface area contributed by atoms with Gasteiger partial charge in [0.15, 0.2) is 5.11 Å². The molecule has 2 amide bonds. The van der Waals surface area contributed by atoms with Crippen LogP contribution < -0.4 is 14.5 Å². The van der Waals surface area contributed by atoms with Gasteiger partial charge in [0.05, 0.1) is 16.9 Å². The van der Waals surface area contributed by atoms with E-state index in [0.717, 1.165) is 5.56 Å². The van der Waals surface area contributed by atoms with Gasteiger partial charge in [-0.1, -0.05) is 48.0 Å². The van der Waals surface area contributed by atoms with Crippen molar-refractivity contribution in [1.29, 1.82) is 0 Å². The Morgan fingerprint density at radius 3 is 1.79 bits per heavy atom. The summed E-state index contributed by atoms with van der Waals surface area (Å²) < 4.78 is 5.91. The number of carboxylic acids is 1. The second-order valence-electron chi connectivity index (χ2n) is 8.79. The van der Waals surface area contributed by atoms with Crippen molar-refractivity contribution in [2.24, 2.45) is 0 Å². The van der Waals surface area contributed by atoms with E-state index < -0.39 is 17.8 Å². The van der Waals surface area contributed by atoms with E-state index in [1.54, 1.807) is 60.7 Å². The molecule has 0 bridgehead atoms. The highest BCUT2D eigenvalue weighted by Crippen LogP contribution is 2.31. The molecule has 1 fully saturated rings. The van der Waals surface area contributed by atoms with Crippen LogP contribution in [0, 0.1) is 6.92 Å². The number of anilines is 2. The number of ether oxygens (including phenoxy) is 1. The van der Waals surface area contributed by atoms with Crippen molar-refractivity contribution >= 4 is 52.6 Å². The number of rotatable bonds is 6. The van der Waals surface area contributed by atoms with E-state index in [2.05, 4.69) is 0 Å². The number of amides is 2. The van der Waals surface area contributed by atoms with Crippen molar-refractivity contribution in [3.05, 3.63) is 125 Å². The summed E-state index contributed by atoms with van der Waals surface area (Å²) in [6.45, 7) is 1.99. The van der Waals surface area contributed by atoms with Crippen LogP contribution in [0.5, 0.6) is 11.5 Å². The van der Waals surface area contributed by atoms with Crippen LogP contribution in [0.25, 0.3) is 6.08 Å². The molecule has 0 spiro atoms. The van der Waals surface area contributed by atoms with Gasteiger partial charge in [-0.3, -0.25) is 19.4 Å². The summed E-state index contributed by atoms with van der Waals surface area (Å²) in [5.41, 5.74) is 2.57. The van der Waals surface area contributed by atoms with Crippen molar-refractivity contribution in [3.8, 4) is 11.5 Å². The molecule has 0 saturated carbocycles. The van der Waals surface area contributed by atoms with Crippen molar-refractivity contribution in [1.82, 2.24) is 0 Å². The van der Waals surface area contributed by atoms with E-state index in [1.165, 1.54) is 28.0 Å². The number of hydrogen-bond donors (Lipinski definition) is 1. The minimum Gasteiger partial charge on any atom is -0.478 e. The van der Waals surface area contributed by atoms with E-state index in [9.17, 15) is 19.5 Å². The molecule has 4 aromatic rings. The molecule has 8 heteroatoms. The number of hydrogen-bond acceptors (Lipinski definition) is 5. The summed E-state index contributed by atoms with van der Waals surface area (Å²) >= 11 is 5.67. The second kappa shape index (κ2) is 10.7. The molecule has 0 atom stereocenters. The minimum absolute atomic E-state index is 0.0155. The molecule has 1 aliphatic rings. The molecular weight excluding hydrogens is 512 g/mol. The topological polar surface area (TPSA) is 87.1 Å². The lowest BCUT2D eigenvalue weighted by Crippen LogP contribution is -2.56. The Morgan fingerprint density at radius 1 is 0.744 bits per heavy atom. The van der Waals surface area contributed by atoms with Gasteiger partial charge >= 0.3 is 5.97 Å². The van der Waals surface area contributed by atoms with Crippen molar-refractivity contribution in [2.45, 2.75) is 6.92 Å². The van der Waals surface area contributed by atoms with E-state index in [1.807, 2.05) is 37.3 Å². The van der Waals surface area contributed by atoms with Gasteiger partial charge in [0.2, 0.25) is 0 Å². The standard InChI is InChI=1S/C31H22N2O5S/c1-20-7-15-25(16-8-20)38-26-17-13-24(14-18-26)33-29(35)27(19-21-9-11-22(12-10-21)30(36)37)28(34)32(31(33)39)23-5-3-2-4-6-23/h2-19H,1H3,(H,36,37)/b27-19-. The van der Waals surface area contributed by atoms with Crippen LogP contribution in [0.4, 0.5) is 11.4 Å². The van der Waals surface area contributed by atoms with Crippen LogP contribution >= 0.6 is 12.2 Å². The molecule has 5 rings (SSSR count). The Balaban J connectivity index is 1.52. The third-order valence-corrected chi connectivity index (χ3v) is 6.45. The Kier molecular flexibility index (Phi) is 7.03. The number of carbonyl (C=O) groups is 3. The Morgan fingerprint density at radius 2 is 1.26 bits per heavy atom. The van der Waals surface area contributed by atoms with E-state index in [-0.39, 0.29) is 16.2 Å². The minimum atomic E-state index is -1.07. The Labute approximate surface area is 230 Å². The molecule has 4 aromatic carbocycles. The number of thiocarbonyl (C=S) groups is 1. The normalized spacial score (nSPS) is 14.6. The molecule has 1 heterocycles. The molecule has 192 valence electrons. The lowest BCUT2D eigenvalue weighted by molar-refractivity contribution is -0.120. The smallest absolute Gasteiger partial charge is 0.335 e. The van der Waals surface area contributed by atoms with Gasteiger partial charge in [-0.15, -0.1) is 0 Å². The number of para-hydroxylation sites is 1. The Bertz CT molecular complexity index is 1600. The summed E-state index contributed by atoms with van der Waals surface area (Å²) in [7, 11) is 0. The molecular formula is C31H22N2O5S. The maximum atomic E-state index is 13.7. The van der Waals surface area contributed by atoms with Crippen LogP contribution in [-0.4, -0.2) is 28.0 Å². The van der Waals surface area contributed by atoms with Crippen molar-refractivity contribution < 1.29 is 24.2 Å². The zero-order chi connectivity index (χ0) is 27.5. The third kappa shape index (κ3) is 5.32. The van der Waals surface area contributed by atoms with Crippen molar-refractivity contribution in [3.63, 3.8) is 0 Å². The van der Waals surface area contributed by atoms with Gasteiger partial charge in [0.25, 0.3) is 11.8 Å². The van der Waals surface area contributed by atoms with Gasteiger partial charge in [0.1, 0.15) is 17.1 Å². The average molecular weight is 535 g/mol. The summed E-state index contributed by atoms with van der Waals surface area (Å²) in [5, 5.41) is 9.20. The monoisotopic (exact) mass is 534 g/mol. The first-order valence-electron chi connectivity index (χ1n) is 12.0. The number of aryl methyl sites for hydroxylation is 1. The van der Waals surface area contributed by atoms with Crippen LogP contribution in [0.2, 0.25) is 0 Å². The maximum absolute atomic E-state index is 13.7. The average Bonchev–Trinajstić information content (AvgIpc) is 2.94. The van der Waals surface area contributed by atoms with Gasteiger partial charge < -0.3 is 9.84 Å². The number of aromatic carboxylic acids is 1. The highest BCUT2D eigenvalue weighted by molar-refractivity contribution is 7.81. The summed E-state index contributed by atoms with van der Waals surface area (Å²) in [4.78, 5) is 41.1. The van der Waals surface area contributed by atoms with E-state index in [4.69, 9.17) is 17.0 Å². The predicted molar refractivity (Wildman–Crippen MR) is 153 cm³/mol. The molecule has 0 aliphatic carbocycles. The predicted octanol–water partition coefficient (Wildman–Crippen LogP) is 6.23. The number of carbonyl (C=O) groups excluding carboxylic acids is 2. The van der Waals surface area contributed by atoms with Crippen LogP contribution in [0.1, 0.15) is 21.5 Å². The summed E-state index contributed by atoms with van der Waals surface area (Å²) in [6, 6.07) is 29.2. The molecule has 0 unspecified atom stereocenters. The SMILES string of the molecule is Cc1ccc(Oc2ccc(N3C(=O)/C(=C\c4ccc(C(=O)O)cc4)C(=O)N(c4ccccc4)C3=S)cc2)cc1.